The van der Waals surface area contributed by atoms with E-state index < -0.39 is 0 Å². The molecule has 0 aliphatic carbocycles. The van der Waals surface area contributed by atoms with E-state index in [0.717, 1.165) is 66.6 Å². The van der Waals surface area contributed by atoms with Crippen molar-refractivity contribution in [3.05, 3.63) is 145 Å². The number of aryl methyl sites for hydroxylation is 2. The number of hydrogen-bond acceptors (Lipinski definition) is 6. The summed E-state index contributed by atoms with van der Waals surface area (Å²) in [5, 5.41) is 2.21. The second-order valence-electron chi connectivity index (χ2n) is 11.4. The summed E-state index contributed by atoms with van der Waals surface area (Å²) in [6.45, 7) is 4.16. The molecule has 8 rings (SSSR count). The molecule has 0 saturated heterocycles. The molecule has 218 valence electrons. The predicted molar refractivity (Wildman–Crippen MR) is 185 cm³/mol. The van der Waals surface area contributed by atoms with Crippen molar-refractivity contribution in [3.8, 4) is 56.5 Å². The van der Waals surface area contributed by atoms with Crippen LogP contribution in [0.15, 0.2) is 134 Å². The lowest BCUT2D eigenvalue weighted by atomic mass is 9.98. The van der Waals surface area contributed by atoms with Gasteiger partial charge in [0.25, 0.3) is 0 Å². The first kappa shape index (κ1) is 27.4. The Hall–Kier alpha value is -6.14. The second-order valence-corrected chi connectivity index (χ2v) is 11.4. The van der Waals surface area contributed by atoms with Gasteiger partial charge in [-0.1, -0.05) is 84.9 Å². The van der Waals surface area contributed by atoms with Gasteiger partial charge in [0, 0.05) is 51.1 Å². The molecule has 0 radical (unpaired) electrons. The van der Waals surface area contributed by atoms with Crippen molar-refractivity contribution in [3.63, 3.8) is 0 Å². The molecule has 0 amide bonds. The van der Waals surface area contributed by atoms with Crippen molar-refractivity contribution in [1.82, 2.24) is 29.9 Å². The number of hydrogen-bond donors (Lipinski definition) is 0. The van der Waals surface area contributed by atoms with E-state index in [4.69, 9.17) is 24.9 Å². The summed E-state index contributed by atoms with van der Waals surface area (Å²) in [6.07, 6.45) is 3.50. The second kappa shape index (κ2) is 11.4. The zero-order chi connectivity index (χ0) is 31.0. The van der Waals surface area contributed by atoms with Crippen LogP contribution in [0.4, 0.5) is 0 Å². The van der Waals surface area contributed by atoms with Crippen LogP contribution in [0.5, 0.6) is 0 Å². The minimum absolute atomic E-state index is 0.605. The molecule has 0 atom stereocenters. The van der Waals surface area contributed by atoms with E-state index in [1.54, 1.807) is 12.4 Å². The van der Waals surface area contributed by atoms with Crippen LogP contribution in [-0.4, -0.2) is 29.9 Å². The zero-order valence-electron chi connectivity index (χ0n) is 25.4. The average Bonchev–Trinajstić information content (AvgIpc) is 3.12. The zero-order valence-corrected chi connectivity index (χ0v) is 25.4. The Kier molecular flexibility index (Phi) is 6.80. The van der Waals surface area contributed by atoms with Gasteiger partial charge in [-0.15, -0.1) is 0 Å². The van der Waals surface area contributed by atoms with Crippen LogP contribution in [-0.2, 0) is 0 Å². The Morgan fingerprint density at radius 1 is 0.413 bits per heavy atom. The van der Waals surface area contributed by atoms with Crippen molar-refractivity contribution in [2.75, 3.05) is 0 Å². The normalized spacial score (nSPS) is 11.3. The third kappa shape index (κ3) is 5.16. The van der Waals surface area contributed by atoms with Crippen LogP contribution in [0.25, 0.3) is 78.4 Å². The van der Waals surface area contributed by atoms with Crippen LogP contribution < -0.4 is 0 Å². The number of aromatic nitrogens is 6. The van der Waals surface area contributed by atoms with E-state index >= 15 is 0 Å². The van der Waals surface area contributed by atoms with E-state index in [1.807, 2.05) is 67.6 Å². The van der Waals surface area contributed by atoms with Gasteiger partial charge in [-0.2, -0.15) is 0 Å². The lowest BCUT2D eigenvalue weighted by Crippen LogP contribution is -2.00. The summed E-state index contributed by atoms with van der Waals surface area (Å²) >= 11 is 0. The number of rotatable bonds is 5. The van der Waals surface area contributed by atoms with Crippen molar-refractivity contribution in [2.24, 2.45) is 0 Å². The minimum Gasteiger partial charge on any atom is -0.265 e. The van der Waals surface area contributed by atoms with E-state index in [9.17, 15) is 0 Å². The third-order valence-electron chi connectivity index (χ3n) is 8.20. The molecule has 6 heteroatoms. The summed E-state index contributed by atoms with van der Waals surface area (Å²) in [5.41, 5.74) is 10.9. The lowest BCUT2D eigenvalue weighted by molar-refractivity contribution is 1.07. The van der Waals surface area contributed by atoms with Crippen LogP contribution >= 0.6 is 0 Å². The summed E-state index contributed by atoms with van der Waals surface area (Å²) < 4.78 is 0. The van der Waals surface area contributed by atoms with E-state index in [2.05, 4.69) is 72.6 Å². The smallest absolute Gasteiger partial charge is 0.164 e. The van der Waals surface area contributed by atoms with Crippen molar-refractivity contribution >= 4 is 21.8 Å². The number of nitrogens with zero attached hydrogens (tertiary/aromatic N) is 6. The molecule has 46 heavy (non-hydrogen) atoms. The van der Waals surface area contributed by atoms with Crippen LogP contribution in [0.3, 0.4) is 0 Å². The van der Waals surface area contributed by atoms with Gasteiger partial charge in [-0.25, -0.2) is 19.9 Å². The maximum absolute atomic E-state index is 5.16. The number of pyridine rings is 3. The van der Waals surface area contributed by atoms with Crippen molar-refractivity contribution in [1.29, 1.82) is 0 Å². The Bertz CT molecular complexity index is 2330. The molecular formula is C40H28N6. The molecule has 0 aliphatic heterocycles. The van der Waals surface area contributed by atoms with Crippen LogP contribution in [0, 0.1) is 13.8 Å². The topological polar surface area (TPSA) is 77.3 Å². The van der Waals surface area contributed by atoms with Gasteiger partial charge < -0.3 is 0 Å². The maximum Gasteiger partial charge on any atom is 0.164 e. The van der Waals surface area contributed by atoms with Crippen molar-refractivity contribution < 1.29 is 0 Å². The first-order valence-corrected chi connectivity index (χ1v) is 15.2. The molecule has 4 aromatic carbocycles. The van der Waals surface area contributed by atoms with Gasteiger partial charge in [0.2, 0.25) is 0 Å². The summed E-state index contributed by atoms with van der Waals surface area (Å²) in [5.74, 6) is 1.84. The fourth-order valence-corrected chi connectivity index (χ4v) is 5.83. The summed E-state index contributed by atoms with van der Waals surface area (Å²) in [7, 11) is 0. The maximum atomic E-state index is 5.16. The van der Waals surface area contributed by atoms with Crippen molar-refractivity contribution in [2.45, 2.75) is 13.8 Å². The number of benzene rings is 4. The Balaban J connectivity index is 1.22. The fourth-order valence-electron chi connectivity index (χ4n) is 5.83. The molecule has 0 unspecified atom stereocenters. The highest BCUT2D eigenvalue weighted by molar-refractivity contribution is 6.04. The van der Waals surface area contributed by atoms with Gasteiger partial charge in [0.15, 0.2) is 17.5 Å². The molecule has 8 aromatic rings. The molecule has 4 aromatic heterocycles. The van der Waals surface area contributed by atoms with E-state index in [1.165, 1.54) is 5.56 Å². The summed E-state index contributed by atoms with van der Waals surface area (Å²) in [6, 6.07) is 41.3. The third-order valence-corrected chi connectivity index (χ3v) is 8.20. The van der Waals surface area contributed by atoms with Gasteiger partial charge in [-0.05, 0) is 66.9 Å². The summed E-state index contributed by atoms with van der Waals surface area (Å²) in [4.78, 5) is 28.8. The molecule has 0 N–H and O–H groups in total. The quantitative estimate of drug-likeness (QED) is 0.185. The predicted octanol–water partition coefficient (Wildman–Crippen LogP) is 9.31. The van der Waals surface area contributed by atoms with Gasteiger partial charge in [0.05, 0.1) is 16.7 Å². The molecule has 6 nitrogen and oxygen atoms in total. The Morgan fingerprint density at radius 3 is 1.74 bits per heavy atom. The average molecular weight is 593 g/mol. The standard InChI is InChI=1S/C40H28N6/c1-25-22-35(43-37-34(25)17-16-27-15-14-26(2)42-36(27)37)32-12-6-10-30(23-32)31-11-7-13-33(24-31)40-45-38(28-8-4-3-5-9-28)44-39(46-40)29-18-20-41-21-19-29/h3-24H,1-2H3. The minimum atomic E-state index is 0.605. The van der Waals surface area contributed by atoms with E-state index in [0.29, 0.717) is 17.5 Å². The van der Waals surface area contributed by atoms with Crippen LogP contribution in [0.2, 0.25) is 0 Å². The highest BCUT2D eigenvalue weighted by Crippen LogP contribution is 2.33. The molecule has 4 heterocycles. The first-order chi connectivity index (χ1) is 22.6. The molecule has 0 spiro atoms. The Morgan fingerprint density at radius 2 is 1.00 bits per heavy atom. The molecule has 0 saturated carbocycles. The van der Waals surface area contributed by atoms with E-state index in [-0.39, 0.29) is 0 Å². The monoisotopic (exact) mass is 592 g/mol. The highest BCUT2D eigenvalue weighted by Gasteiger charge is 2.14. The molecule has 0 aliphatic rings. The van der Waals surface area contributed by atoms with Crippen LogP contribution in [0.1, 0.15) is 11.3 Å². The fraction of sp³-hybridized carbons (Fsp3) is 0.0500. The lowest BCUT2D eigenvalue weighted by Gasteiger charge is -2.11. The largest absolute Gasteiger partial charge is 0.265 e. The highest BCUT2D eigenvalue weighted by atomic mass is 15.0. The SMILES string of the molecule is Cc1ccc2ccc3c(C)cc(-c4cccc(-c5cccc(-c6nc(-c7ccccc7)nc(-c7ccncc7)n6)c5)c4)nc3c2n1. The molecule has 0 bridgehead atoms. The molecule has 0 fully saturated rings. The Labute approximate surface area is 266 Å². The van der Waals surface area contributed by atoms with Gasteiger partial charge in [-0.3, -0.25) is 9.97 Å². The van der Waals surface area contributed by atoms with Gasteiger partial charge >= 0.3 is 0 Å². The number of fused-ring (bicyclic) bond motifs is 3. The first-order valence-electron chi connectivity index (χ1n) is 15.2. The van der Waals surface area contributed by atoms with Gasteiger partial charge in [0.1, 0.15) is 0 Å². The molecular weight excluding hydrogens is 564 g/mol.